The molecule has 4 N–H and O–H groups in total. The van der Waals surface area contributed by atoms with Gasteiger partial charge in [-0.2, -0.15) is 0 Å². The topological polar surface area (TPSA) is 130 Å². The Morgan fingerprint density at radius 1 is 0.538 bits per heavy atom. The Balaban J connectivity index is 0. The highest BCUT2D eigenvalue weighted by molar-refractivity contribution is 4.85. The van der Waals surface area contributed by atoms with E-state index in [4.69, 9.17) is 12.0 Å². The number of azide groups is 1. The summed E-state index contributed by atoms with van der Waals surface area (Å²) in [6, 6.07) is 0. The van der Waals surface area contributed by atoms with Crippen molar-refractivity contribution in [2.45, 2.75) is 234 Å². The van der Waals surface area contributed by atoms with Crippen LogP contribution in [-0.4, -0.2) is 50.4 Å². The molecule has 0 aliphatic heterocycles. The second kappa shape index (κ2) is 32.0. The molecule has 0 spiro atoms. The summed E-state index contributed by atoms with van der Waals surface area (Å²) in [7, 11) is 0. The van der Waals surface area contributed by atoms with Crippen LogP contribution in [0.15, 0.2) is 5.11 Å². The molecule has 0 aromatic carbocycles. The molecule has 7 nitrogen and oxygen atoms in total. The van der Waals surface area contributed by atoms with Crippen molar-refractivity contribution in [3.05, 3.63) is 10.4 Å². The molecule has 0 radical (unpaired) electrons. The van der Waals surface area contributed by atoms with Gasteiger partial charge < -0.3 is 20.4 Å². The van der Waals surface area contributed by atoms with Crippen LogP contribution in [0.25, 0.3) is 10.4 Å². The number of rotatable bonds is 32. The van der Waals surface area contributed by atoms with Crippen LogP contribution >= 0.6 is 0 Å². The zero-order valence-electron chi connectivity index (χ0n) is 36.1. The number of unbranched alkanes of at least 4 members (excludes halogenated alkanes) is 2. The monoisotopic (exact) mass is 736 g/mol. The minimum atomic E-state index is -1.18. The summed E-state index contributed by atoms with van der Waals surface area (Å²) in [5.41, 5.74) is 6.14. The normalized spacial score (nSPS) is 17.4. The molecule has 0 saturated carbocycles. The highest BCUT2D eigenvalue weighted by Crippen LogP contribution is 2.27. The van der Waals surface area contributed by atoms with E-state index in [0.29, 0.717) is 31.1 Å². The van der Waals surface area contributed by atoms with Gasteiger partial charge in [0.05, 0.1) is 30.0 Å². The third-order valence-corrected chi connectivity index (χ3v) is 11.3. The molecule has 0 bridgehead atoms. The minimum Gasteiger partial charge on any atom is -0.390 e. The highest BCUT2D eigenvalue weighted by atomic mass is 16.3. The molecule has 0 aromatic rings. The Hall–Kier alpha value is -1.29. The van der Waals surface area contributed by atoms with E-state index in [1.165, 1.54) is 77.0 Å². The van der Waals surface area contributed by atoms with Crippen LogP contribution in [0, 0.1) is 47.9 Å². The zero-order valence-corrected chi connectivity index (χ0v) is 36.1. The smallest absolute Gasteiger partial charge is 0.0880 e. The van der Waals surface area contributed by atoms with E-state index in [9.17, 15) is 20.4 Å². The van der Waals surface area contributed by atoms with E-state index < -0.39 is 23.4 Å². The molecule has 0 rings (SSSR count). The Morgan fingerprint density at radius 2 is 0.885 bits per heavy atom. The van der Waals surface area contributed by atoms with Gasteiger partial charge in [-0.05, 0) is 87.0 Å². The lowest BCUT2D eigenvalue weighted by Gasteiger charge is -2.29. The van der Waals surface area contributed by atoms with Crippen molar-refractivity contribution in [3.8, 4) is 12.3 Å². The van der Waals surface area contributed by atoms with Gasteiger partial charge in [-0.3, -0.25) is 0 Å². The number of nitrogens with zero attached hydrogens (tertiary/aromatic N) is 3. The van der Waals surface area contributed by atoms with Crippen molar-refractivity contribution in [3.63, 3.8) is 0 Å². The summed E-state index contributed by atoms with van der Waals surface area (Å²) >= 11 is 0. The van der Waals surface area contributed by atoms with Crippen LogP contribution in [0.4, 0.5) is 0 Å². The first-order chi connectivity index (χ1) is 24.4. The van der Waals surface area contributed by atoms with Gasteiger partial charge in [0.15, 0.2) is 0 Å². The fourth-order valence-electron chi connectivity index (χ4n) is 7.09. The summed E-state index contributed by atoms with van der Waals surface area (Å²) in [5.74, 6) is 7.29. The molecule has 52 heavy (non-hydrogen) atoms. The average molecular weight is 736 g/mol. The largest absolute Gasteiger partial charge is 0.390 e. The zero-order chi connectivity index (χ0) is 40.0. The Morgan fingerprint density at radius 3 is 1.23 bits per heavy atom. The summed E-state index contributed by atoms with van der Waals surface area (Å²) in [6.45, 7) is 21.9. The van der Waals surface area contributed by atoms with Gasteiger partial charge in [-0.1, -0.05) is 163 Å². The lowest BCUT2D eigenvalue weighted by Crippen LogP contribution is -2.41. The van der Waals surface area contributed by atoms with Crippen LogP contribution < -0.4 is 0 Å². The van der Waals surface area contributed by atoms with Crippen LogP contribution in [0.3, 0.4) is 0 Å². The fraction of sp³-hybridized carbons (Fsp3) is 0.956. The van der Waals surface area contributed by atoms with Crippen molar-refractivity contribution in [2.75, 3.05) is 6.54 Å². The highest BCUT2D eigenvalue weighted by Gasteiger charge is 2.30. The van der Waals surface area contributed by atoms with Crippen LogP contribution in [0.5, 0.6) is 0 Å². The SMILES string of the molecule is C#CCCCCC(O)C(C)(O)CCC[C@H](C)CCC[C@H](C)CCCC(C)C.CC(C)CCC[C@@H](C)CCC[C@@H](C)CCCC(C)(O)C(O)CN=[N+]=[N-]. The molecule has 0 aliphatic rings. The number of hydrogen-bond acceptors (Lipinski definition) is 5. The van der Waals surface area contributed by atoms with Crippen LogP contribution in [0.1, 0.15) is 210 Å². The first kappa shape index (κ1) is 52.8. The fourth-order valence-corrected chi connectivity index (χ4v) is 7.09. The summed E-state index contributed by atoms with van der Waals surface area (Å²) in [6.07, 6.45) is 28.0. The van der Waals surface area contributed by atoms with Crippen molar-refractivity contribution in [1.29, 1.82) is 0 Å². The maximum atomic E-state index is 10.5. The predicted molar refractivity (Wildman–Crippen MR) is 224 cm³/mol. The second-order valence-electron chi connectivity index (χ2n) is 18.3. The maximum absolute atomic E-state index is 10.5. The van der Waals surface area contributed by atoms with Gasteiger partial charge in [-0.15, -0.1) is 12.3 Å². The minimum absolute atomic E-state index is 0.0756. The molecule has 7 heteroatoms. The first-order valence-corrected chi connectivity index (χ1v) is 21.6. The van der Waals surface area contributed by atoms with Crippen molar-refractivity contribution < 1.29 is 20.4 Å². The van der Waals surface area contributed by atoms with Gasteiger partial charge in [0.2, 0.25) is 0 Å². The molecule has 0 fully saturated rings. The molecule has 0 aliphatic carbocycles. The van der Waals surface area contributed by atoms with Crippen LogP contribution in [0.2, 0.25) is 0 Å². The van der Waals surface area contributed by atoms with Gasteiger partial charge in [0.25, 0.3) is 0 Å². The summed E-state index contributed by atoms with van der Waals surface area (Å²) in [4.78, 5) is 2.63. The van der Waals surface area contributed by atoms with Crippen LogP contribution in [-0.2, 0) is 0 Å². The predicted octanol–water partition coefficient (Wildman–Crippen LogP) is 12.6. The molecule has 308 valence electrons. The number of hydrogen-bond donors (Lipinski definition) is 4. The Bertz CT molecular complexity index is 909. The molecule has 0 aromatic heterocycles. The number of aliphatic hydroxyl groups excluding tert-OH is 2. The van der Waals surface area contributed by atoms with Gasteiger partial charge >= 0.3 is 0 Å². The van der Waals surface area contributed by atoms with E-state index in [2.05, 4.69) is 71.3 Å². The molecular formula is C45H89N3O4. The number of terminal acetylenes is 1. The molecule has 0 amide bonds. The molecule has 4 unspecified atom stereocenters. The second-order valence-corrected chi connectivity index (χ2v) is 18.3. The van der Waals surface area contributed by atoms with E-state index in [-0.39, 0.29) is 6.54 Å². The summed E-state index contributed by atoms with van der Waals surface area (Å²) < 4.78 is 0. The maximum Gasteiger partial charge on any atom is 0.0880 e. The molecular weight excluding hydrogens is 647 g/mol. The molecule has 0 heterocycles. The van der Waals surface area contributed by atoms with Crippen molar-refractivity contribution in [2.24, 2.45) is 40.6 Å². The third-order valence-electron chi connectivity index (χ3n) is 11.3. The summed E-state index contributed by atoms with van der Waals surface area (Å²) in [5, 5.41) is 44.2. The average Bonchev–Trinajstić information content (AvgIpc) is 3.05. The number of aliphatic hydroxyl groups is 4. The van der Waals surface area contributed by atoms with Gasteiger partial charge in [0.1, 0.15) is 0 Å². The lowest BCUT2D eigenvalue weighted by atomic mass is 9.87. The van der Waals surface area contributed by atoms with Gasteiger partial charge in [0, 0.05) is 11.3 Å². The Kier molecular flexibility index (Phi) is 32.5. The standard InChI is InChI=1S/C25H48O2.C20H41N3O2/c1-7-8-9-10-19-24(26)25(6,27)20-13-18-23(5)17-12-16-22(4)15-11-14-21(2)3;1-16(2)9-6-10-17(3)11-7-12-18(4)13-8-14-20(5,25)19(24)15-22-23-21/h1,21-24,26-27H,8-20H2,2-6H3;16-19,24-25H,6-15H2,1-5H3/t22-,23-,24?,25?;17-,18-,19?,20?/m11/s1. The first-order valence-electron chi connectivity index (χ1n) is 21.6. The third kappa shape index (κ3) is 32.2. The van der Waals surface area contributed by atoms with E-state index in [0.717, 1.165) is 68.6 Å². The van der Waals surface area contributed by atoms with Crippen molar-refractivity contribution >= 4 is 0 Å². The van der Waals surface area contributed by atoms with Gasteiger partial charge in [-0.25, -0.2) is 0 Å². The van der Waals surface area contributed by atoms with E-state index >= 15 is 0 Å². The van der Waals surface area contributed by atoms with E-state index in [1.807, 2.05) is 0 Å². The Labute approximate surface area is 323 Å². The lowest BCUT2D eigenvalue weighted by molar-refractivity contribution is -0.0724. The quantitative estimate of drug-likeness (QED) is 0.0180. The molecule has 0 saturated heterocycles. The molecule has 8 atom stereocenters. The van der Waals surface area contributed by atoms with E-state index in [1.54, 1.807) is 13.8 Å². The van der Waals surface area contributed by atoms with Crippen molar-refractivity contribution in [1.82, 2.24) is 0 Å².